The molecular formula is C10H22N4O2P+. The summed E-state index contributed by atoms with van der Waals surface area (Å²) in [6, 6.07) is 9.04. The summed E-state index contributed by atoms with van der Waals surface area (Å²) < 4.78 is 14.6. The number of nitrogens with one attached hydrogen (secondary N) is 2. The van der Waals surface area contributed by atoms with E-state index in [0.717, 1.165) is 26.2 Å². The Kier molecular flexibility index (Phi) is 14.0. The van der Waals surface area contributed by atoms with Crippen LogP contribution in [0.1, 0.15) is 0 Å². The lowest BCUT2D eigenvalue weighted by molar-refractivity contribution is 0.525. The predicted octanol–water partition coefficient (Wildman–Crippen LogP) is 1.51. The van der Waals surface area contributed by atoms with Gasteiger partial charge in [-0.25, -0.2) is 0 Å². The molecule has 1 atom stereocenters. The van der Waals surface area contributed by atoms with Crippen LogP contribution in [-0.2, 0) is 4.57 Å². The maximum Gasteiger partial charge on any atom is 0.542 e. The Hall–Kier alpha value is -1.04. The fraction of sp³-hybridized carbons (Fsp3) is 0.400. The van der Waals surface area contributed by atoms with Gasteiger partial charge >= 0.3 is 8.69 Å². The normalized spacial score (nSPS) is 13.4. The van der Waals surface area contributed by atoms with Crippen molar-refractivity contribution in [2.75, 3.05) is 26.2 Å². The first-order chi connectivity index (χ1) is 7.43. The van der Waals surface area contributed by atoms with Gasteiger partial charge in [0, 0.05) is 26.2 Å². The van der Waals surface area contributed by atoms with Crippen molar-refractivity contribution in [2.24, 2.45) is 0 Å². The zero-order chi connectivity index (χ0) is 10.8. The van der Waals surface area contributed by atoms with E-state index >= 15 is 0 Å². The molecule has 98 valence electrons. The van der Waals surface area contributed by atoms with Gasteiger partial charge < -0.3 is 22.9 Å². The molecule has 8 N–H and O–H groups in total. The largest absolute Gasteiger partial charge is 0.542 e. The molecule has 0 aromatic heterocycles. The predicted molar refractivity (Wildman–Crippen MR) is 71.9 cm³/mol. The van der Waals surface area contributed by atoms with E-state index in [2.05, 4.69) is 15.2 Å². The van der Waals surface area contributed by atoms with Gasteiger partial charge in [0.2, 0.25) is 0 Å². The highest BCUT2D eigenvalue weighted by atomic mass is 31.1. The van der Waals surface area contributed by atoms with Gasteiger partial charge in [0.1, 0.15) is 0 Å². The van der Waals surface area contributed by atoms with E-state index in [1.54, 1.807) is 12.1 Å². The van der Waals surface area contributed by atoms with E-state index in [1.165, 1.54) is 0 Å². The Morgan fingerprint density at radius 3 is 1.76 bits per heavy atom. The SMILES string of the molecule is C1CNCCN1.N.N.O=[PH+]Oc1ccccc1. The molecule has 0 radical (unpaired) electrons. The molecule has 1 aromatic rings. The van der Waals surface area contributed by atoms with Crippen LogP contribution in [0, 0.1) is 0 Å². The van der Waals surface area contributed by atoms with Crippen LogP contribution in [0.2, 0.25) is 0 Å². The summed E-state index contributed by atoms with van der Waals surface area (Å²) in [4.78, 5) is 0. The van der Waals surface area contributed by atoms with Gasteiger partial charge in [0.25, 0.3) is 0 Å². The smallest absolute Gasteiger partial charge is 0.344 e. The van der Waals surface area contributed by atoms with Crippen molar-refractivity contribution in [3.63, 3.8) is 0 Å². The third-order valence-corrected chi connectivity index (χ3v) is 2.18. The molecule has 1 aromatic carbocycles. The first-order valence-electron chi connectivity index (χ1n) is 4.94. The monoisotopic (exact) mass is 261 g/mol. The van der Waals surface area contributed by atoms with Crippen molar-refractivity contribution in [1.82, 2.24) is 22.9 Å². The van der Waals surface area contributed by atoms with Crippen LogP contribution in [0.5, 0.6) is 5.75 Å². The average Bonchev–Trinajstić information content (AvgIpc) is 2.34. The molecule has 1 aliphatic rings. The first-order valence-corrected chi connectivity index (χ1v) is 5.75. The Morgan fingerprint density at radius 1 is 0.941 bits per heavy atom. The lowest BCUT2D eigenvalue weighted by atomic mass is 10.3. The van der Waals surface area contributed by atoms with Crippen LogP contribution in [0.3, 0.4) is 0 Å². The molecule has 1 saturated heterocycles. The molecule has 2 rings (SSSR count). The van der Waals surface area contributed by atoms with E-state index in [-0.39, 0.29) is 12.3 Å². The van der Waals surface area contributed by atoms with Crippen LogP contribution in [-0.4, -0.2) is 26.2 Å². The fourth-order valence-electron chi connectivity index (χ4n) is 1.14. The molecular weight excluding hydrogens is 239 g/mol. The van der Waals surface area contributed by atoms with Crippen LogP contribution >= 0.6 is 8.69 Å². The van der Waals surface area contributed by atoms with E-state index < -0.39 is 8.69 Å². The maximum atomic E-state index is 9.90. The standard InChI is InChI=1S/C6H6O2P.C4H10N2.2H3N/c7-9-8-6-4-2-1-3-5-6;1-2-6-4-3-5-1;;/h1-5,9H;5-6H,1-4H2;2*1H3/q+1;;;. The minimum Gasteiger partial charge on any atom is -0.344 e. The minimum absolute atomic E-state index is 0. The van der Waals surface area contributed by atoms with Crippen LogP contribution in [0.4, 0.5) is 0 Å². The molecule has 1 unspecified atom stereocenters. The Morgan fingerprint density at radius 2 is 1.41 bits per heavy atom. The highest BCUT2D eigenvalue weighted by Crippen LogP contribution is 2.12. The van der Waals surface area contributed by atoms with Crippen LogP contribution < -0.4 is 27.5 Å². The zero-order valence-corrected chi connectivity index (χ0v) is 10.9. The molecule has 0 spiro atoms. The maximum absolute atomic E-state index is 9.90. The molecule has 1 fully saturated rings. The van der Waals surface area contributed by atoms with Crippen molar-refractivity contribution in [2.45, 2.75) is 0 Å². The lowest BCUT2D eigenvalue weighted by Crippen LogP contribution is -2.39. The Bertz CT molecular complexity index is 259. The van der Waals surface area contributed by atoms with Crippen molar-refractivity contribution in [3.05, 3.63) is 30.3 Å². The van der Waals surface area contributed by atoms with Gasteiger partial charge in [0.15, 0.2) is 5.75 Å². The molecule has 1 aliphatic heterocycles. The molecule has 0 saturated carbocycles. The number of hydrogen-bond acceptors (Lipinski definition) is 6. The van der Waals surface area contributed by atoms with E-state index in [9.17, 15) is 4.57 Å². The second-order valence-electron chi connectivity index (χ2n) is 3.00. The third-order valence-electron chi connectivity index (χ3n) is 1.86. The molecule has 1 heterocycles. The molecule has 7 heteroatoms. The third kappa shape index (κ3) is 9.86. The van der Waals surface area contributed by atoms with Crippen molar-refractivity contribution >= 4 is 8.69 Å². The van der Waals surface area contributed by atoms with Gasteiger partial charge in [0.05, 0.1) is 0 Å². The van der Waals surface area contributed by atoms with Gasteiger partial charge in [-0.15, -0.1) is 0 Å². The lowest BCUT2D eigenvalue weighted by Gasteiger charge is -2.11. The van der Waals surface area contributed by atoms with Crippen molar-refractivity contribution < 1.29 is 9.09 Å². The molecule has 0 bridgehead atoms. The van der Waals surface area contributed by atoms with Gasteiger partial charge in [-0.1, -0.05) is 18.2 Å². The summed E-state index contributed by atoms with van der Waals surface area (Å²) in [7, 11) is -0.715. The number of para-hydroxylation sites is 1. The van der Waals surface area contributed by atoms with E-state index in [0.29, 0.717) is 5.75 Å². The Labute approximate surface area is 104 Å². The summed E-state index contributed by atoms with van der Waals surface area (Å²) in [6.45, 7) is 4.56. The summed E-state index contributed by atoms with van der Waals surface area (Å²) in [5, 5.41) is 6.44. The van der Waals surface area contributed by atoms with E-state index in [4.69, 9.17) is 0 Å². The summed E-state index contributed by atoms with van der Waals surface area (Å²) in [6.07, 6.45) is 0. The second kappa shape index (κ2) is 13.0. The zero-order valence-electron chi connectivity index (χ0n) is 9.95. The summed E-state index contributed by atoms with van der Waals surface area (Å²) >= 11 is 0. The highest BCUT2D eigenvalue weighted by Gasteiger charge is 1.92. The van der Waals surface area contributed by atoms with Crippen LogP contribution in [0.15, 0.2) is 30.3 Å². The topological polar surface area (TPSA) is 120 Å². The van der Waals surface area contributed by atoms with Gasteiger partial charge in [-0.3, -0.25) is 4.52 Å². The Balaban J connectivity index is 0. The number of hydrogen-bond donors (Lipinski definition) is 4. The molecule has 6 nitrogen and oxygen atoms in total. The van der Waals surface area contributed by atoms with E-state index in [1.807, 2.05) is 18.2 Å². The van der Waals surface area contributed by atoms with Crippen molar-refractivity contribution in [1.29, 1.82) is 0 Å². The quantitative estimate of drug-likeness (QED) is 0.599. The first kappa shape index (κ1) is 18.3. The van der Waals surface area contributed by atoms with Gasteiger partial charge in [-0.2, -0.15) is 0 Å². The van der Waals surface area contributed by atoms with Crippen molar-refractivity contribution in [3.8, 4) is 5.75 Å². The van der Waals surface area contributed by atoms with Crippen LogP contribution in [0.25, 0.3) is 0 Å². The molecule has 17 heavy (non-hydrogen) atoms. The second-order valence-corrected chi connectivity index (χ2v) is 3.37. The molecule has 0 aliphatic carbocycles. The summed E-state index contributed by atoms with van der Waals surface area (Å²) in [5.41, 5.74) is 0. The highest BCUT2D eigenvalue weighted by molar-refractivity contribution is 7.17. The number of piperazine rings is 1. The minimum atomic E-state index is -0.715. The average molecular weight is 261 g/mol. The fourth-order valence-corrected chi connectivity index (χ4v) is 1.37. The molecule has 0 amide bonds. The van der Waals surface area contributed by atoms with Gasteiger partial charge in [-0.05, 0) is 16.7 Å². The number of benzene rings is 1. The number of rotatable bonds is 2. The summed E-state index contributed by atoms with van der Waals surface area (Å²) in [5.74, 6) is 0.644.